The fourth-order valence-electron chi connectivity index (χ4n) is 5.55. The first-order valence-electron chi connectivity index (χ1n) is 16.0. The predicted octanol–water partition coefficient (Wildman–Crippen LogP) is 4.29. The third kappa shape index (κ3) is 11.2. The molecule has 1 aromatic carbocycles. The Kier molecular flexibility index (Phi) is 15.8. The molecule has 256 valence electrons. The topological polar surface area (TPSA) is 150 Å². The molecule has 0 radical (unpaired) electrons. The number of carboxylic acids is 1. The molecule has 3 amide bonds. The van der Waals surface area contributed by atoms with Gasteiger partial charge in [0.2, 0.25) is 11.8 Å². The van der Waals surface area contributed by atoms with Gasteiger partial charge in [-0.25, -0.2) is 4.98 Å². The van der Waals surface area contributed by atoms with E-state index >= 15 is 0 Å². The van der Waals surface area contributed by atoms with Crippen LogP contribution in [0.15, 0.2) is 35.7 Å². The molecule has 1 aromatic heterocycles. The predicted molar refractivity (Wildman–Crippen MR) is 181 cm³/mol. The van der Waals surface area contributed by atoms with Gasteiger partial charge in [0.25, 0.3) is 5.91 Å². The van der Waals surface area contributed by atoms with Gasteiger partial charge >= 0.3 is 5.97 Å². The quantitative estimate of drug-likeness (QED) is 0.175. The Morgan fingerprint density at radius 1 is 1.00 bits per heavy atom. The van der Waals surface area contributed by atoms with Gasteiger partial charge in [0.1, 0.15) is 22.8 Å². The number of hydrogen-bond donors (Lipinski definition) is 4. The van der Waals surface area contributed by atoms with E-state index in [1.54, 1.807) is 31.5 Å². The second-order valence-electron chi connectivity index (χ2n) is 12.6. The molecule has 2 aromatic rings. The van der Waals surface area contributed by atoms with Crippen molar-refractivity contribution in [3.63, 3.8) is 0 Å². The van der Waals surface area contributed by atoms with Crippen LogP contribution in [0.3, 0.4) is 0 Å². The number of nitrogens with zero attached hydrogens (tertiary/aromatic N) is 2. The maximum Gasteiger partial charge on any atom is 0.305 e. The highest BCUT2D eigenvalue weighted by atomic mass is 32.1. The van der Waals surface area contributed by atoms with Crippen molar-refractivity contribution >= 4 is 35.0 Å². The lowest BCUT2D eigenvalue weighted by Gasteiger charge is -2.37. The lowest BCUT2D eigenvalue weighted by atomic mass is 9.92. The zero-order valence-corrected chi connectivity index (χ0v) is 29.5. The Labute approximate surface area is 277 Å². The fraction of sp³-hybridized carbons (Fsp3) is 0.618. The zero-order chi connectivity index (χ0) is 34.6. The van der Waals surface area contributed by atoms with Crippen LogP contribution >= 0.6 is 11.3 Å². The van der Waals surface area contributed by atoms with Gasteiger partial charge in [-0.2, -0.15) is 0 Å². The molecule has 0 aliphatic rings. The first kappa shape index (κ1) is 38.8. The van der Waals surface area contributed by atoms with Crippen LogP contribution in [0.4, 0.5) is 0 Å². The molecule has 11 nitrogen and oxygen atoms in total. The molecule has 6 atom stereocenters. The third-order valence-corrected chi connectivity index (χ3v) is 9.44. The number of rotatable bonds is 19. The van der Waals surface area contributed by atoms with Gasteiger partial charge in [-0.05, 0) is 36.8 Å². The summed E-state index contributed by atoms with van der Waals surface area (Å²) in [6.45, 7) is 11.9. The van der Waals surface area contributed by atoms with Crippen molar-refractivity contribution in [2.75, 3.05) is 21.2 Å². The summed E-state index contributed by atoms with van der Waals surface area (Å²) in [6, 6.07) is 7.43. The monoisotopic (exact) mass is 659 g/mol. The summed E-state index contributed by atoms with van der Waals surface area (Å²) in [5.74, 6) is -1.81. The number of aliphatic carboxylic acids is 1. The summed E-state index contributed by atoms with van der Waals surface area (Å²) < 4.78 is 5.84. The van der Waals surface area contributed by atoms with E-state index in [-0.39, 0.29) is 47.7 Å². The van der Waals surface area contributed by atoms with Crippen LogP contribution in [0, 0.1) is 17.8 Å². The van der Waals surface area contributed by atoms with Gasteiger partial charge in [0.05, 0.1) is 12.5 Å². The molecule has 0 saturated carbocycles. The molecule has 12 heteroatoms. The largest absolute Gasteiger partial charge is 0.481 e. The average Bonchev–Trinajstić information content (AvgIpc) is 3.50. The van der Waals surface area contributed by atoms with E-state index in [1.165, 1.54) is 11.3 Å². The average molecular weight is 660 g/mol. The number of aromatic nitrogens is 1. The van der Waals surface area contributed by atoms with Crippen LogP contribution in [0.1, 0.15) is 88.0 Å². The van der Waals surface area contributed by atoms with Gasteiger partial charge in [-0.3, -0.25) is 19.2 Å². The molecule has 0 aliphatic carbocycles. The maximum atomic E-state index is 14.0. The summed E-state index contributed by atoms with van der Waals surface area (Å²) in [7, 11) is 5.07. The summed E-state index contributed by atoms with van der Waals surface area (Å²) in [6.07, 6.45) is 0.788. The summed E-state index contributed by atoms with van der Waals surface area (Å²) in [5, 5.41) is 20.5. The van der Waals surface area contributed by atoms with Gasteiger partial charge in [0.15, 0.2) is 0 Å². The van der Waals surface area contributed by atoms with Crippen molar-refractivity contribution in [2.24, 2.45) is 17.8 Å². The first-order valence-corrected chi connectivity index (χ1v) is 16.9. The van der Waals surface area contributed by atoms with Crippen molar-refractivity contribution in [2.45, 2.75) is 97.5 Å². The van der Waals surface area contributed by atoms with Crippen molar-refractivity contribution in [3.8, 4) is 0 Å². The van der Waals surface area contributed by atoms with Crippen LogP contribution in [-0.4, -0.2) is 84.1 Å². The maximum absolute atomic E-state index is 14.0. The molecule has 4 unspecified atom stereocenters. The number of carbonyl (C=O) groups excluding carboxylic acids is 3. The fourth-order valence-corrected chi connectivity index (χ4v) is 6.44. The summed E-state index contributed by atoms with van der Waals surface area (Å²) in [5.41, 5.74) is 1.10. The van der Waals surface area contributed by atoms with Crippen molar-refractivity contribution < 1.29 is 29.0 Å². The molecule has 0 aliphatic heterocycles. The van der Waals surface area contributed by atoms with E-state index < -0.39 is 36.1 Å². The number of amides is 3. The normalized spacial score (nSPS) is 15.5. The minimum atomic E-state index is -1.00. The highest BCUT2D eigenvalue weighted by molar-refractivity contribution is 7.09. The number of nitrogens with one attached hydrogen (secondary N) is 3. The van der Waals surface area contributed by atoms with E-state index in [2.05, 4.69) is 20.9 Å². The van der Waals surface area contributed by atoms with E-state index in [9.17, 15) is 24.3 Å². The molecule has 0 saturated heterocycles. The molecule has 0 fully saturated rings. The SMILES string of the molecule is CCC(C)[C@H](NC(=O)C(NC)C(C)C)C(=O)N(C)C(CC(OC)c1nc(C(=O)N[C@H](CC(=O)O)Cc2ccccc2)cs1)C(C)C. The standard InChI is InChI=1S/C34H53N5O6S/c1-10-22(6)30(38-32(43)29(35-7)21(4)5)34(44)39(8)26(20(2)3)18-27(45-9)33-37-25(19-46-33)31(42)36-24(17-28(40)41)16-23-14-12-11-13-15-23/h11-15,19-22,24,26-27,29-30,35H,10,16-18H2,1-9H3,(H,36,42)(H,38,43)(H,40,41)/t22?,24-,26?,27?,29?,30-/m0/s1. The molecule has 46 heavy (non-hydrogen) atoms. The second-order valence-corrected chi connectivity index (χ2v) is 13.5. The van der Waals surface area contributed by atoms with E-state index in [0.717, 1.165) is 5.56 Å². The van der Waals surface area contributed by atoms with Gasteiger partial charge < -0.3 is 30.7 Å². The summed E-state index contributed by atoms with van der Waals surface area (Å²) >= 11 is 1.28. The van der Waals surface area contributed by atoms with E-state index in [0.29, 0.717) is 24.3 Å². The molecule has 1 heterocycles. The van der Waals surface area contributed by atoms with Crippen molar-refractivity contribution in [1.29, 1.82) is 0 Å². The number of benzene rings is 1. The molecule has 0 bridgehead atoms. The molecule has 2 rings (SSSR count). The Hall–Kier alpha value is -3.35. The molecular weight excluding hydrogens is 606 g/mol. The number of likely N-dealkylation sites (N-methyl/N-ethyl adjacent to an activating group) is 2. The number of methoxy groups -OCH3 is 1. The Bertz CT molecular complexity index is 1270. The Morgan fingerprint density at radius 3 is 2.17 bits per heavy atom. The molecular formula is C34H53N5O6S. The smallest absolute Gasteiger partial charge is 0.305 e. The molecule has 0 spiro atoms. The highest BCUT2D eigenvalue weighted by Crippen LogP contribution is 2.30. The van der Waals surface area contributed by atoms with E-state index in [4.69, 9.17) is 4.74 Å². The van der Waals surface area contributed by atoms with Gasteiger partial charge in [-0.15, -0.1) is 11.3 Å². The number of hydrogen-bond acceptors (Lipinski definition) is 8. The summed E-state index contributed by atoms with van der Waals surface area (Å²) in [4.78, 5) is 58.0. The Balaban J connectivity index is 2.22. The minimum Gasteiger partial charge on any atom is -0.481 e. The second kappa shape index (κ2) is 18.7. The van der Waals surface area contributed by atoms with Crippen molar-refractivity contribution in [3.05, 3.63) is 52.0 Å². The highest BCUT2D eigenvalue weighted by Gasteiger charge is 2.36. The van der Waals surface area contributed by atoms with Crippen LogP contribution in [0.25, 0.3) is 0 Å². The van der Waals surface area contributed by atoms with Crippen LogP contribution in [0.2, 0.25) is 0 Å². The first-order chi connectivity index (χ1) is 21.7. The number of thiazole rings is 1. The molecule has 4 N–H and O–H groups in total. The minimum absolute atomic E-state index is 0.0538. The van der Waals surface area contributed by atoms with Gasteiger partial charge in [-0.1, -0.05) is 78.3 Å². The third-order valence-electron chi connectivity index (χ3n) is 8.50. The van der Waals surface area contributed by atoms with Crippen LogP contribution < -0.4 is 16.0 Å². The van der Waals surface area contributed by atoms with Gasteiger partial charge in [0, 0.05) is 38.0 Å². The van der Waals surface area contributed by atoms with Crippen LogP contribution in [-0.2, 0) is 25.5 Å². The lowest BCUT2D eigenvalue weighted by molar-refractivity contribution is -0.140. The van der Waals surface area contributed by atoms with Crippen LogP contribution in [0.5, 0.6) is 0 Å². The number of carbonyl (C=O) groups is 4. The van der Waals surface area contributed by atoms with E-state index in [1.807, 2.05) is 71.9 Å². The zero-order valence-electron chi connectivity index (χ0n) is 28.7. The number of carboxylic acid groups (broad SMARTS) is 1. The van der Waals surface area contributed by atoms with Crippen molar-refractivity contribution in [1.82, 2.24) is 25.8 Å². The lowest BCUT2D eigenvalue weighted by Crippen LogP contribution is -2.57. The number of ether oxygens (including phenoxy) is 1. The Morgan fingerprint density at radius 2 is 1.65 bits per heavy atom.